The van der Waals surface area contributed by atoms with E-state index < -0.39 is 5.91 Å². The van der Waals surface area contributed by atoms with Crippen LogP contribution in [0.1, 0.15) is 48.9 Å². The Morgan fingerprint density at radius 2 is 1.75 bits per heavy atom. The number of benzene rings is 1. The van der Waals surface area contributed by atoms with Gasteiger partial charge in [0.25, 0.3) is 0 Å². The monoisotopic (exact) mass is 329 g/mol. The average Bonchev–Trinajstić information content (AvgIpc) is 2.98. The number of carbonyl (C=O) groups excluding carboxylic acids is 3. The molecular formula is C18H23N3O3. The second-order valence-electron chi connectivity index (χ2n) is 6.67. The quantitative estimate of drug-likeness (QED) is 0.883. The second kappa shape index (κ2) is 7.03. The third-order valence-corrected chi connectivity index (χ3v) is 4.98. The highest BCUT2D eigenvalue weighted by atomic mass is 16.2. The number of hydrogen-bond donors (Lipinski definition) is 2. The van der Waals surface area contributed by atoms with E-state index in [1.54, 1.807) is 24.3 Å². The number of nitrogens with zero attached hydrogens (tertiary/aromatic N) is 1. The zero-order valence-electron chi connectivity index (χ0n) is 13.7. The molecule has 1 aromatic rings. The van der Waals surface area contributed by atoms with Gasteiger partial charge in [0.05, 0.1) is 5.92 Å². The Bertz CT molecular complexity index is 635. The molecule has 1 aromatic carbocycles. The van der Waals surface area contributed by atoms with E-state index in [1.165, 1.54) is 6.42 Å². The van der Waals surface area contributed by atoms with E-state index in [0.717, 1.165) is 25.7 Å². The van der Waals surface area contributed by atoms with Gasteiger partial charge < -0.3 is 16.0 Å². The number of anilines is 1. The van der Waals surface area contributed by atoms with Crippen molar-refractivity contribution >= 4 is 23.4 Å². The van der Waals surface area contributed by atoms with Crippen LogP contribution >= 0.6 is 0 Å². The lowest BCUT2D eigenvalue weighted by Crippen LogP contribution is -2.38. The zero-order chi connectivity index (χ0) is 17.1. The van der Waals surface area contributed by atoms with Gasteiger partial charge in [-0.1, -0.05) is 19.3 Å². The van der Waals surface area contributed by atoms with Crippen LogP contribution in [0.4, 0.5) is 5.69 Å². The maximum Gasteiger partial charge on any atom is 0.248 e. The minimum atomic E-state index is -0.502. The fraction of sp³-hybridized carbons (Fsp3) is 0.500. The third kappa shape index (κ3) is 3.58. The molecule has 0 aromatic heterocycles. The molecule has 3 N–H and O–H groups in total. The molecule has 2 aliphatic rings. The van der Waals surface area contributed by atoms with Crippen LogP contribution in [0, 0.1) is 5.92 Å². The number of rotatable bonds is 4. The molecule has 1 saturated heterocycles. The topological polar surface area (TPSA) is 92.5 Å². The van der Waals surface area contributed by atoms with E-state index >= 15 is 0 Å². The SMILES string of the molecule is NC(=O)c1ccc(NC(=O)[C@H]2CC(=O)N(C3CCCCC3)C2)cc1. The van der Waals surface area contributed by atoms with Crippen LogP contribution in [0.3, 0.4) is 0 Å². The lowest BCUT2D eigenvalue weighted by Gasteiger charge is -2.31. The smallest absolute Gasteiger partial charge is 0.248 e. The van der Waals surface area contributed by atoms with E-state index in [-0.39, 0.29) is 24.2 Å². The number of nitrogens with one attached hydrogen (secondary N) is 1. The molecule has 6 heteroatoms. The maximum atomic E-state index is 12.4. The van der Waals surface area contributed by atoms with Crippen molar-refractivity contribution in [2.45, 2.75) is 44.6 Å². The lowest BCUT2D eigenvalue weighted by atomic mass is 9.94. The molecule has 3 rings (SSSR count). The van der Waals surface area contributed by atoms with Crippen molar-refractivity contribution in [3.05, 3.63) is 29.8 Å². The fourth-order valence-corrected chi connectivity index (χ4v) is 3.62. The summed E-state index contributed by atoms with van der Waals surface area (Å²) in [5.41, 5.74) is 6.20. The molecule has 1 aliphatic heterocycles. The van der Waals surface area contributed by atoms with Crippen molar-refractivity contribution < 1.29 is 14.4 Å². The molecule has 3 amide bonds. The normalized spacial score (nSPS) is 21.8. The summed E-state index contributed by atoms with van der Waals surface area (Å²) >= 11 is 0. The summed E-state index contributed by atoms with van der Waals surface area (Å²) in [6.07, 6.45) is 5.95. The van der Waals surface area contributed by atoms with Crippen molar-refractivity contribution in [1.29, 1.82) is 0 Å². The van der Waals surface area contributed by atoms with Crippen molar-refractivity contribution in [3.63, 3.8) is 0 Å². The Hall–Kier alpha value is -2.37. The fourth-order valence-electron chi connectivity index (χ4n) is 3.62. The van der Waals surface area contributed by atoms with Gasteiger partial charge in [-0.05, 0) is 37.1 Å². The Morgan fingerprint density at radius 3 is 2.38 bits per heavy atom. The summed E-state index contributed by atoms with van der Waals surface area (Å²) in [4.78, 5) is 37.6. The molecule has 2 fully saturated rings. The van der Waals surface area contributed by atoms with E-state index in [1.807, 2.05) is 4.90 Å². The van der Waals surface area contributed by atoms with Crippen molar-refractivity contribution in [2.24, 2.45) is 11.7 Å². The predicted molar refractivity (Wildman–Crippen MR) is 90.3 cm³/mol. The van der Waals surface area contributed by atoms with E-state index in [9.17, 15) is 14.4 Å². The Labute approximate surface area is 141 Å². The lowest BCUT2D eigenvalue weighted by molar-refractivity contribution is -0.130. The number of primary amides is 1. The van der Waals surface area contributed by atoms with Gasteiger partial charge in [0, 0.05) is 30.3 Å². The van der Waals surface area contributed by atoms with Gasteiger partial charge in [0.1, 0.15) is 0 Å². The van der Waals surface area contributed by atoms with Gasteiger partial charge in [-0.15, -0.1) is 0 Å². The number of carbonyl (C=O) groups is 3. The minimum Gasteiger partial charge on any atom is -0.366 e. The molecular weight excluding hydrogens is 306 g/mol. The highest BCUT2D eigenvalue weighted by Gasteiger charge is 2.38. The van der Waals surface area contributed by atoms with Gasteiger partial charge >= 0.3 is 0 Å². The number of hydrogen-bond acceptors (Lipinski definition) is 3. The summed E-state index contributed by atoms with van der Waals surface area (Å²) in [7, 11) is 0. The number of nitrogens with two attached hydrogens (primary N) is 1. The molecule has 1 atom stereocenters. The van der Waals surface area contributed by atoms with Crippen LogP contribution in [0.15, 0.2) is 24.3 Å². The van der Waals surface area contributed by atoms with Gasteiger partial charge in [-0.2, -0.15) is 0 Å². The van der Waals surface area contributed by atoms with Gasteiger partial charge in [0.2, 0.25) is 17.7 Å². The molecule has 0 radical (unpaired) electrons. The summed E-state index contributed by atoms with van der Waals surface area (Å²) < 4.78 is 0. The molecule has 1 heterocycles. The molecule has 0 bridgehead atoms. The highest BCUT2D eigenvalue weighted by molar-refractivity contribution is 5.98. The summed E-state index contributed by atoms with van der Waals surface area (Å²) in [5, 5.41) is 2.82. The van der Waals surface area contributed by atoms with Crippen LogP contribution in [0.2, 0.25) is 0 Å². The van der Waals surface area contributed by atoms with Gasteiger partial charge in [-0.25, -0.2) is 0 Å². The molecule has 1 aliphatic carbocycles. The molecule has 128 valence electrons. The van der Waals surface area contributed by atoms with Crippen molar-refractivity contribution in [1.82, 2.24) is 4.90 Å². The van der Waals surface area contributed by atoms with E-state index in [2.05, 4.69) is 5.32 Å². The largest absolute Gasteiger partial charge is 0.366 e. The van der Waals surface area contributed by atoms with E-state index in [0.29, 0.717) is 23.8 Å². The van der Waals surface area contributed by atoms with Crippen LogP contribution in [0.5, 0.6) is 0 Å². The van der Waals surface area contributed by atoms with Crippen LogP contribution in [-0.4, -0.2) is 35.2 Å². The standard InChI is InChI=1S/C18H23N3O3/c19-17(23)12-6-8-14(9-7-12)20-18(24)13-10-16(22)21(11-13)15-4-2-1-3-5-15/h6-9,13,15H,1-5,10-11H2,(H2,19,23)(H,20,24)/t13-/m0/s1. The predicted octanol–water partition coefficient (Wildman–Crippen LogP) is 1.91. The number of likely N-dealkylation sites (tertiary alicyclic amines) is 1. The summed E-state index contributed by atoms with van der Waals surface area (Å²) in [6, 6.07) is 6.75. The second-order valence-corrected chi connectivity index (χ2v) is 6.67. The Kier molecular flexibility index (Phi) is 4.83. The zero-order valence-corrected chi connectivity index (χ0v) is 13.7. The van der Waals surface area contributed by atoms with Gasteiger partial charge in [-0.3, -0.25) is 14.4 Å². The first-order valence-electron chi connectivity index (χ1n) is 8.55. The van der Waals surface area contributed by atoms with E-state index in [4.69, 9.17) is 5.73 Å². The molecule has 0 spiro atoms. The summed E-state index contributed by atoms with van der Waals surface area (Å²) in [5.74, 6) is -0.868. The van der Waals surface area contributed by atoms with Crippen molar-refractivity contribution in [3.8, 4) is 0 Å². The first-order chi connectivity index (χ1) is 11.5. The average molecular weight is 329 g/mol. The molecule has 6 nitrogen and oxygen atoms in total. The maximum absolute atomic E-state index is 12.4. The molecule has 1 saturated carbocycles. The van der Waals surface area contributed by atoms with Crippen molar-refractivity contribution in [2.75, 3.05) is 11.9 Å². The molecule has 24 heavy (non-hydrogen) atoms. The highest BCUT2D eigenvalue weighted by Crippen LogP contribution is 2.29. The van der Waals surface area contributed by atoms with Gasteiger partial charge in [0.15, 0.2) is 0 Å². The molecule has 0 unspecified atom stereocenters. The Balaban J connectivity index is 1.59. The number of amides is 3. The summed E-state index contributed by atoms with van der Waals surface area (Å²) in [6.45, 7) is 0.509. The first kappa shape index (κ1) is 16.5. The first-order valence-corrected chi connectivity index (χ1v) is 8.55. The van der Waals surface area contributed by atoms with Crippen LogP contribution in [-0.2, 0) is 9.59 Å². The Morgan fingerprint density at radius 1 is 1.08 bits per heavy atom. The minimum absolute atomic E-state index is 0.0890. The van der Waals surface area contributed by atoms with Crippen LogP contribution < -0.4 is 11.1 Å². The van der Waals surface area contributed by atoms with Crippen LogP contribution in [0.25, 0.3) is 0 Å². The third-order valence-electron chi connectivity index (χ3n) is 4.98.